The van der Waals surface area contributed by atoms with Crippen molar-refractivity contribution < 1.29 is 24.3 Å². The van der Waals surface area contributed by atoms with Gasteiger partial charge in [-0.25, -0.2) is 14.4 Å². The summed E-state index contributed by atoms with van der Waals surface area (Å²) in [5.74, 6) is -3.09. The highest BCUT2D eigenvalue weighted by atomic mass is 16.4. The lowest BCUT2D eigenvalue weighted by Crippen LogP contribution is -2.48. The average molecular weight is 607 g/mol. The number of carbonyl (C=O) groups excluding carboxylic acids is 3. The molecule has 17 heteroatoms. The number of aryl methyl sites for hydroxylation is 2. The molecule has 0 bridgehead atoms. The van der Waals surface area contributed by atoms with Crippen molar-refractivity contribution in [3.8, 4) is 0 Å². The van der Waals surface area contributed by atoms with Crippen molar-refractivity contribution in [2.24, 2.45) is 5.73 Å². The van der Waals surface area contributed by atoms with Crippen LogP contribution in [0, 0.1) is 13.8 Å². The number of hydrogen-bond acceptors (Lipinski definition) is 9. The van der Waals surface area contributed by atoms with Gasteiger partial charge in [0.2, 0.25) is 17.7 Å². The number of aromatic nitrogens is 4. The van der Waals surface area contributed by atoms with Crippen molar-refractivity contribution >= 4 is 23.7 Å². The van der Waals surface area contributed by atoms with Gasteiger partial charge >= 0.3 is 17.3 Å². The molecular weight excluding hydrogens is 568 g/mol. The molecule has 3 amide bonds. The second-order valence-electron chi connectivity index (χ2n) is 10.0. The molecule has 2 atom stereocenters. The monoisotopic (exact) mass is 606 g/mol. The largest absolute Gasteiger partial charge is 0.480 e. The van der Waals surface area contributed by atoms with Crippen molar-refractivity contribution in [1.82, 2.24) is 35.1 Å². The highest BCUT2D eigenvalue weighted by molar-refractivity contribution is 5.87. The topological polar surface area (TPSA) is 260 Å². The van der Waals surface area contributed by atoms with Crippen molar-refractivity contribution in [2.75, 3.05) is 13.1 Å². The van der Waals surface area contributed by atoms with Crippen LogP contribution in [0.2, 0.25) is 0 Å². The summed E-state index contributed by atoms with van der Waals surface area (Å²) < 4.78 is 1.99. The molecule has 43 heavy (non-hydrogen) atoms. The number of hydrogen-bond donors (Lipinski definition) is 7. The normalized spacial score (nSPS) is 12.3. The number of carboxylic acid groups (broad SMARTS) is 1. The Labute approximate surface area is 244 Å². The van der Waals surface area contributed by atoms with Crippen LogP contribution in [-0.2, 0) is 32.3 Å². The zero-order valence-corrected chi connectivity index (χ0v) is 24.1. The van der Waals surface area contributed by atoms with Crippen LogP contribution in [0.25, 0.3) is 0 Å². The molecule has 2 heterocycles. The molecule has 0 radical (unpaired) electrons. The van der Waals surface area contributed by atoms with Gasteiger partial charge in [0, 0.05) is 30.1 Å². The third-order valence-electron chi connectivity index (χ3n) is 6.46. The van der Waals surface area contributed by atoms with Crippen molar-refractivity contribution in [1.29, 1.82) is 0 Å². The van der Waals surface area contributed by atoms with E-state index >= 15 is 0 Å². The molecule has 236 valence electrons. The number of nitrogens with zero attached hydrogens (tertiary/aromatic N) is 2. The van der Waals surface area contributed by atoms with Crippen LogP contribution in [0.3, 0.4) is 0 Å². The molecule has 0 spiro atoms. The molecule has 0 aliphatic rings. The number of aromatic amines is 2. The van der Waals surface area contributed by atoms with E-state index in [4.69, 9.17) is 5.73 Å². The maximum atomic E-state index is 12.8. The first-order valence-electron chi connectivity index (χ1n) is 13.7. The smallest absolute Gasteiger partial charge is 0.328 e. The van der Waals surface area contributed by atoms with Crippen LogP contribution in [0.1, 0.15) is 49.7 Å². The predicted octanol–water partition coefficient (Wildman–Crippen LogP) is -2.83. The molecule has 17 nitrogen and oxygen atoms in total. The van der Waals surface area contributed by atoms with Gasteiger partial charge in [-0.1, -0.05) is 0 Å². The quantitative estimate of drug-likeness (QED) is 0.0908. The number of unbranched alkanes of at least 4 members (excludes halogenated alkanes) is 2. The van der Waals surface area contributed by atoms with E-state index in [1.165, 1.54) is 26.2 Å². The molecule has 0 unspecified atom stereocenters. The predicted molar refractivity (Wildman–Crippen MR) is 153 cm³/mol. The van der Waals surface area contributed by atoms with Gasteiger partial charge < -0.3 is 26.8 Å². The van der Waals surface area contributed by atoms with Gasteiger partial charge in [-0.3, -0.25) is 43.1 Å². The van der Waals surface area contributed by atoms with Gasteiger partial charge in [0.1, 0.15) is 25.2 Å². The third kappa shape index (κ3) is 11.2. The Morgan fingerprint density at radius 2 is 1.26 bits per heavy atom. The van der Waals surface area contributed by atoms with Crippen LogP contribution in [0.5, 0.6) is 0 Å². The number of H-pyrrole nitrogens is 2. The van der Waals surface area contributed by atoms with E-state index in [0.29, 0.717) is 38.6 Å². The number of carboxylic acids is 1. The van der Waals surface area contributed by atoms with E-state index in [1.807, 2.05) is 0 Å². The Bertz CT molecular complexity index is 1540. The van der Waals surface area contributed by atoms with E-state index in [-0.39, 0.29) is 24.1 Å². The van der Waals surface area contributed by atoms with E-state index < -0.39 is 71.4 Å². The molecule has 2 rings (SSSR count). The van der Waals surface area contributed by atoms with Crippen molar-refractivity contribution in [2.45, 2.75) is 77.5 Å². The third-order valence-corrected chi connectivity index (χ3v) is 6.46. The zero-order valence-electron chi connectivity index (χ0n) is 24.1. The summed E-state index contributed by atoms with van der Waals surface area (Å²) in [6.45, 7) is 2.61. The van der Waals surface area contributed by atoms with Crippen LogP contribution in [0.4, 0.5) is 0 Å². The van der Waals surface area contributed by atoms with Crippen LogP contribution >= 0.6 is 0 Å². The summed E-state index contributed by atoms with van der Waals surface area (Å²) in [6, 6.07) is -2.16. The number of aliphatic carboxylic acids is 1. The molecule has 0 fully saturated rings. The fourth-order valence-electron chi connectivity index (χ4n) is 4.09. The summed E-state index contributed by atoms with van der Waals surface area (Å²) in [7, 11) is 0. The molecule has 0 aliphatic carbocycles. The van der Waals surface area contributed by atoms with Crippen LogP contribution in [-0.4, -0.2) is 73.1 Å². The van der Waals surface area contributed by atoms with Gasteiger partial charge in [-0.05, 0) is 58.9 Å². The lowest BCUT2D eigenvalue weighted by atomic mass is 10.1. The molecule has 0 aromatic carbocycles. The molecule has 0 saturated heterocycles. The maximum absolute atomic E-state index is 12.8. The minimum absolute atomic E-state index is 0.0422. The Balaban J connectivity index is 1.87. The first kappa shape index (κ1) is 34.4. The fourth-order valence-corrected chi connectivity index (χ4v) is 4.09. The van der Waals surface area contributed by atoms with Crippen molar-refractivity contribution in [3.63, 3.8) is 0 Å². The Morgan fingerprint density at radius 3 is 1.74 bits per heavy atom. The molecule has 0 saturated carbocycles. The summed E-state index contributed by atoms with van der Waals surface area (Å²) >= 11 is 0. The number of nitrogens with one attached hydrogen (secondary N) is 5. The van der Waals surface area contributed by atoms with Gasteiger partial charge in [-0.15, -0.1) is 0 Å². The van der Waals surface area contributed by atoms with Crippen LogP contribution < -0.4 is 44.2 Å². The van der Waals surface area contributed by atoms with Gasteiger partial charge in [0.15, 0.2) is 0 Å². The second-order valence-corrected chi connectivity index (χ2v) is 10.0. The summed E-state index contributed by atoms with van der Waals surface area (Å²) in [5, 5.41) is 17.1. The maximum Gasteiger partial charge on any atom is 0.328 e. The lowest BCUT2D eigenvalue weighted by Gasteiger charge is -2.19. The molecule has 0 aliphatic heterocycles. The fraction of sp³-hybridized carbons (Fsp3) is 0.538. The SMILES string of the molecule is Cc1cn(CC(=O)N[C@@H](CCCCNC(=O)[C@H](CCCCN)NC(=O)Cn2cc(C)c(=O)[nH]c2=O)C(=O)O)c(=O)[nH]c1=O. The highest BCUT2D eigenvalue weighted by Crippen LogP contribution is 2.04. The standard InChI is InChI=1S/C26H38N8O9/c1-15-11-33(25(42)31-21(15)37)13-19(35)29-17(7-3-5-9-27)23(39)28-10-6-4-8-18(24(40)41)30-20(36)14-34-12-16(2)22(38)32-26(34)43/h11-12,17-18H,3-10,13-14,27H2,1-2H3,(H,28,39)(H,29,35)(H,30,36)(H,40,41)(H,31,37,42)(H,32,38,43)/t17-,18-/m0/s1. The van der Waals surface area contributed by atoms with Gasteiger partial charge in [-0.2, -0.15) is 0 Å². The summed E-state index contributed by atoms with van der Waals surface area (Å²) in [4.78, 5) is 100. The van der Waals surface area contributed by atoms with E-state index in [0.717, 1.165) is 9.13 Å². The Kier molecular flexibility index (Phi) is 13.3. The average Bonchev–Trinajstić information content (AvgIpc) is 2.93. The van der Waals surface area contributed by atoms with Crippen molar-refractivity contribution in [3.05, 3.63) is 65.2 Å². The molecule has 8 N–H and O–H groups in total. The minimum atomic E-state index is -1.28. The summed E-state index contributed by atoms with van der Waals surface area (Å²) in [5.41, 5.74) is 3.29. The van der Waals surface area contributed by atoms with Crippen LogP contribution in [0.15, 0.2) is 31.6 Å². The Hall–Kier alpha value is -4.80. The molecule has 2 aromatic rings. The van der Waals surface area contributed by atoms with E-state index in [1.54, 1.807) is 0 Å². The first-order chi connectivity index (χ1) is 20.3. The zero-order chi connectivity index (χ0) is 32.1. The number of carbonyl (C=O) groups is 4. The number of rotatable bonds is 17. The highest BCUT2D eigenvalue weighted by Gasteiger charge is 2.22. The molecule has 2 aromatic heterocycles. The summed E-state index contributed by atoms with van der Waals surface area (Å²) in [6.07, 6.45) is 4.64. The van der Waals surface area contributed by atoms with E-state index in [9.17, 15) is 43.5 Å². The Morgan fingerprint density at radius 1 is 0.791 bits per heavy atom. The number of amides is 3. The molecular formula is C26H38N8O9. The lowest BCUT2D eigenvalue weighted by molar-refractivity contribution is -0.142. The van der Waals surface area contributed by atoms with E-state index in [2.05, 4.69) is 25.9 Å². The van der Waals surface area contributed by atoms with Gasteiger partial charge in [0.25, 0.3) is 11.1 Å². The first-order valence-corrected chi connectivity index (χ1v) is 13.7. The van der Waals surface area contributed by atoms with Gasteiger partial charge in [0.05, 0.1) is 0 Å². The number of nitrogens with two attached hydrogens (primary N) is 1. The minimum Gasteiger partial charge on any atom is -0.480 e. The second kappa shape index (κ2) is 16.6.